The number of hydrogen-bond acceptors (Lipinski definition) is 4. The fraction of sp³-hybridized carbons (Fsp3) is 0.158. The van der Waals surface area contributed by atoms with Crippen LogP contribution in [0, 0.1) is 11.6 Å². The van der Waals surface area contributed by atoms with Crippen molar-refractivity contribution in [3.05, 3.63) is 77.1 Å². The Labute approximate surface area is 148 Å². The van der Waals surface area contributed by atoms with Gasteiger partial charge >= 0.3 is 0 Å². The van der Waals surface area contributed by atoms with Crippen LogP contribution in [0.25, 0.3) is 11.3 Å². The molecule has 3 rings (SSSR count). The Morgan fingerprint density at radius 3 is 2.46 bits per heavy atom. The number of hydrogen-bond donors (Lipinski definition) is 2. The number of nitrogens with one attached hydrogen (secondary N) is 1. The molecule has 0 aliphatic carbocycles. The van der Waals surface area contributed by atoms with E-state index >= 15 is 0 Å². The smallest absolute Gasteiger partial charge is 0.257 e. The van der Waals surface area contributed by atoms with Gasteiger partial charge in [-0.3, -0.25) is 4.79 Å². The van der Waals surface area contributed by atoms with Gasteiger partial charge in [-0.05, 0) is 24.6 Å². The number of aliphatic hydroxyl groups is 1. The number of nitrogens with zero attached hydrogens (tertiary/aromatic N) is 1. The molecule has 0 unspecified atom stereocenters. The summed E-state index contributed by atoms with van der Waals surface area (Å²) in [6.07, 6.45) is -1.05. The Balaban J connectivity index is 1.89. The minimum absolute atomic E-state index is 0.0202. The quantitative estimate of drug-likeness (QED) is 0.731. The van der Waals surface area contributed by atoms with Crippen molar-refractivity contribution in [1.82, 2.24) is 10.5 Å². The van der Waals surface area contributed by atoms with E-state index < -0.39 is 23.6 Å². The molecule has 0 spiro atoms. The molecule has 7 heteroatoms. The third-order valence-corrected chi connectivity index (χ3v) is 3.75. The minimum Gasteiger partial charge on any atom is -0.385 e. The normalized spacial score (nSPS) is 12.0. The van der Waals surface area contributed by atoms with Gasteiger partial charge in [0.05, 0.1) is 0 Å². The third-order valence-electron chi connectivity index (χ3n) is 3.75. The van der Waals surface area contributed by atoms with E-state index in [4.69, 9.17) is 4.52 Å². The van der Waals surface area contributed by atoms with Gasteiger partial charge in [0.15, 0.2) is 5.76 Å². The number of benzene rings is 2. The van der Waals surface area contributed by atoms with E-state index in [2.05, 4.69) is 10.5 Å². The van der Waals surface area contributed by atoms with Gasteiger partial charge in [0.1, 0.15) is 29.0 Å². The molecule has 0 saturated carbocycles. The lowest BCUT2D eigenvalue weighted by molar-refractivity contribution is 0.0938. The predicted molar refractivity (Wildman–Crippen MR) is 90.1 cm³/mol. The lowest BCUT2D eigenvalue weighted by Crippen LogP contribution is -2.24. The van der Waals surface area contributed by atoms with Crippen LogP contribution >= 0.6 is 0 Å². The lowest BCUT2D eigenvalue weighted by Gasteiger charge is -2.08. The first kappa shape index (κ1) is 17.8. The first-order chi connectivity index (χ1) is 12.5. The molecule has 5 nitrogen and oxygen atoms in total. The number of amides is 1. The number of halogens is 2. The van der Waals surface area contributed by atoms with Crippen LogP contribution in [0.1, 0.15) is 34.7 Å². The van der Waals surface area contributed by atoms with Gasteiger partial charge in [-0.2, -0.15) is 0 Å². The number of carbonyl (C=O) groups is 1. The van der Waals surface area contributed by atoms with Crippen molar-refractivity contribution in [2.45, 2.75) is 19.6 Å². The topological polar surface area (TPSA) is 75.4 Å². The number of rotatable bonds is 5. The Morgan fingerprint density at radius 2 is 1.85 bits per heavy atom. The molecule has 2 aromatic carbocycles. The maximum absolute atomic E-state index is 13.3. The van der Waals surface area contributed by atoms with Crippen LogP contribution < -0.4 is 5.32 Å². The van der Waals surface area contributed by atoms with E-state index in [9.17, 15) is 18.7 Å². The monoisotopic (exact) mass is 358 g/mol. The van der Waals surface area contributed by atoms with Crippen LogP contribution in [0.5, 0.6) is 0 Å². The van der Waals surface area contributed by atoms with E-state index in [1.54, 1.807) is 24.3 Å². The average Bonchev–Trinajstić information content (AvgIpc) is 3.05. The molecular weight excluding hydrogens is 342 g/mol. The van der Waals surface area contributed by atoms with Gasteiger partial charge in [-0.15, -0.1) is 0 Å². The van der Waals surface area contributed by atoms with Crippen LogP contribution in [0.15, 0.2) is 53.1 Å². The molecule has 0 aliphatic heterocycles. The minimum atomic E-state index is -1.05. The predicted octanol–water partition coefficient (Wildman–Crippen LogP) is 3.60. The largest absolute Gasteiger partial charge is 0.385 e. The molecule has 1 heterocycles. The lowest BCUT2D eigenvalue weighted by atomic mass is 10.0. The van der Waals surface area contributed by atoms with Crippen LogP contribution in [-0.2, 0) is 6.54 Å². The molecule has 1 amide bonds. The zero-order chi connectivity index (χ0) is 18.7. The molecule has 26 heavy (non-hydrogen) atoms. The summed E-state index contributed by atoms with van der Waals surface area (Å²) in [5, 5.41) is 16.3. The Kier molecular flexibility index (Phi) is 5.09. The summed E-state index contributed by atoms with van der Waals surface area (Å²) in [5.74, 6) is -2.00. The molecule has 1 atom stereocenters. The van der Waals surface area contributed by atoms with Gasteiger partial charge in [-0.1, -0.05) is 35.5 Å². The van der Waals surface area contributed by atoms with Crippen LogP contribution in [0.3, 0.4) is 0 Å². The molecule has 1 aromatic heterocycles. The number of aromatic nitrogens is 1. The first-order valence-electron chi connectivity index (χ1n) is 7.92. The second-order valence-electron chi connectivity index (χ2n) is 5.77. The standard InChI is InChI=1S/C19H16F2N2O3/c1-11(24)18-16(17(23-26-18)13-5-3-2-4-6-13)19(25)22-10-12-7-14(20)9-15(21)8-12/h2-9,11,24H,10H2,1H3,(H,22,25)/t11-/m0/s1. The second-order valence-corrected chi connectivity index (χ2v) is 5.77. The summed E-state index contributed by atoms with van der Waals surface area (Å²) in [4.78, 5) is 12.7. The van der Waals surface area contributed by atoms with Crippen molar-refractivity contribution in [2.75, 3.05) is 0 Å². The number of aliphatic hydroxyl groups excluding tert-OH is 1. The van der Waals surface area contributed by atoms with Crippen molar-refractivity contribution in [3.63, 3.8) is 0 Å². The van der Waals surface area contributed by atoms with Crippen LogP contribution in [0.2, 0.25) is 0 Å². The zero-order valence-electron chi connectivity index (χ0n) is 13.9. The fourth-order valence-electron chi connectivity index (χ4n) is 2.58. The van der Waals surface area contributed by atoms with Crippen LogP contribution in [0.4, 0.5) is 8.78 Å². The molecule has 0 fully saturated rings. The molecule has 134 valence electrons. The highest BCUT2D eigenvalue weighted by atomic mass is 19.1. The van der Waals surface area contributed by atoms with Crippen molar-refractivity contribution in [3.8, 4) is 11.3 Å². The summed E-state index contributed by atoms with van der Waals surface area (Å²) in [5.41, 5.74) is 1.28. The summed E-state index contributed by atoms with van der Waals surface area (Å²) < 4.78 is 31.7. The maximum Gasteiger partial charge on any atom is 0.257 e. The van der Waals surface area contributed by atoms with Gasteiger partial charge in [0.2, 0.25) is 0 Å². The molecular formula is C19H16F2N2O3. The molecule has 0 radical (unpaired) electrons. The van der Waals surface area contributed by atoms with Crippen molar-refractivity contribution in [1.29, 1.82) is 0 Å². The summed E-state index contributed by atoms with van der Waals surface area (Å²) in [6.45, 7) is 1.36. The highest BCUT2D eigenvalue weighted by molar-refractivity contribution is 6.00. The fourth-order valence-corrected chi connectivity index (χ4v) is 2.58. The summed E-state index contributed by atoms with van der Waals surface area (Å²) in [6, 6.07) is 11.9. The Morgan fingerprint density at radius 1 is 1.19 bits per heavy atom. The SMILES string of the molecule is C[C@H](O)c1onc(-c2ccccc2)c1C(=O)NCc1cc(F)cc(F)c1. The van der Waals surface area contributed by atoms with E-state index in [1.807, 2.05) is 6.07 Å². The van der Waals surface area contributed by atoms with Crippen molar-refractivity contribution < 1.29 is 23.2 Å². The highest BCUT2D eigenvalue weighted by Crippen LogP contribution is 2.29. The zero-order valence-corrected chi connectivity index (χ0v) is 13.9. The van der Waals surface area contributed by atoms with Gasteiger partial charge in [0.25, 0.3) is 5.91 Å². The molecule has 3 aromatic rings. The summed E-state index contributed by atoms with van der Waals surface area (Å²) >= 11 is 0. The van der Waals surface area contributed by atoms with Gasteiger partial charge in [-0.25, -0.2) is 8.78 Å². The van der Waals surface area contributed by atoms with Gasteiger partial charge < -0.3 is 14.9 Å². The van der Waals surface area contributed by atoms with Crippen molar-refractivity contribution >= 4 is 5.91 Å². The van der Waals surface area contributed by atoms with Crippen LogP contribution in [-0.4, -0.2) is 16.2 Å². The molecule has 0 saturated heterocycles. The van der Waals surface area contributed by atoms with Crippen molar-refractivity contribution in [2.24, 2.45) is 0 Å². The highest BCUT2D eigenvalue weighted by Gasteiger charge is 2.26. The Hall–Kier alpha value is -3.06. The number of carbonyl (C=O) groups excluding carboxylic acids is 1. The van der Waals surface area contributed by atoms with E-state index in [1.165, 1.54) is 6.92 Å². The molecule has 2 N–H and O–H groups in total. The summed E-state index contributed by atoms with van der Waals surface area (Å²) in [7, 11) is 0. The third kappa shape index (κ3) is 3.78. The first-order valence-corrected chi connectivity index (χ1v) is 7.92. The van der Waals surface area contributed by atoms with E-state index in [0.29, 0.717) is 5.56 Å². The van der Waals surface area contributed by atoms with E-state index in [0.717, 1.165) is 18.2 Å². The second kappa shape index (κ2) is 7.45. The van der Waals surface area contributed by atoms with E-state index in [-0.39, 0.29) is 29.1 Å². The average molecular weight is 358 g/mol. The molecule has 0 aliphatic rings. The Bertz CT molecular complexity index is 904. The maximum atomic E-state index is 13.3. The van der Waals surface area contributed by atoms with Gasteiger partial charge in [0, 0.05) is 18.2 Å². The molecule has 0 bridgehead atoms.